The third kappa shape index (κ3) is 1.81. The minimum Gasteiger partial charge on any atom is -0.389 e. The number of likely N-dealkylation sites (tertiary alicyclic amines) is 1. The van der Waals surface area contributed by atoms with E-state index in [1.54, 1.807) is 0 Å². The highest BCUT2D eigenvalue weighted by Gasteiger charge is 2.24. The predicted molar refractivity (Wildman–Crippen MR) is 57.3 cm³/mol. The lowest BCUT2D eigenvalue weighted by Gasteiger charge is -2.36. The van der Waals surface area contributed by atoms with Gasteiger partial charge in [0.05, 0.1) is 6.10 Å². The van der Waals surface area contributed by atoms with Crippen LogP contribution < -0.4 is 0 Å². The third-order valence-corrected chi connectivity index (χ3v) is 2.93. The molecule has 1 fully saturated rings. The maximum atomic E-state index is 9.46. The van der Waals surface area contributed by atoms with E-state index in [0.717, 1.165) is 18.7 Å². The van der Waals surface area contributed by atoms with E-state index in [9.17, 15) is 5.11 Å². The summed E-state index contributed by atoms with van der Waals surface area (Å²) in [7, 11) is 2.13. The van der Waals surface area contributed by atoms with E-state index in [0.29, 0.717) is 5.92 Å². The zero-order valence-electron chi connectivity index (χ0n) is 8.77. The summed E-state index contributed by atoms with van der Waals surface area (Å²) in [5.74, 6) is 0.665. The first-order valence-corrected chi connectivity index (χ1v) is 5.13. The van der Waals surface area contributed by atoms with Gasteiger partial charge in [0, 0.05) is 19.0 Å². The fourth-order valence-electron chi connectivity index (χ4n) is 1.98. The van der Waals surface area contributed by atoms with Gasteiger partial charge in [-0.3, -0.25) is 0 Å². The molecule has 0 aliphatic carbocycles. The Kier molecular flexibility index (Phi) is 2.57. The Labute approximate surface area is 85.2 Å². The molecule has 14 heavy (non-hydrogen) atoms. The molecule has 1 saturated heterocycles. The average molecular weight is 191 g/mol. The van der Waals surface area contributed by atoms with Gasteiger partial charge in [-0.15, -0.1) is 0 Å². The van der Waals surface area contributed by atoms with Crippen LogP contribution in [0.25, 0.3) is 0 Å². The van der Waals surface area contributed by atoms with Crippen molar-refractivity contribution < 1.29 is 5.11 Å². The molecule has 0 radical (unpaired) electrons. The second-order valence-electron chi connectivity index (χ2n) is 4.26. The second-order valence-corrected chi connectivity index (χ2v) is 4.26. The number of aliphatic hydroxyl groups excluding tert-OH is 1. The standard InChI is InChI=1S/C12H17NO/c1-9(14)10-4-3-5-11(6-10)12-7-13(2)8-12/h3-6,9,12,14H,7-8H2,1-2H3. The molecule has 0 bridgehead atoms. The van der Waals surface area contributed by atoms with Crippen LogP contribution in [0.4, 0.5) is 0 Å². The molecule has 0 aromatic heterocycles. The van der Waals surface area contributed by atoms with E-state index in [2.05, 4.69) is 24.1 Å². The first-order valence-electron chi connectivity index (χ1n) is 5.13. The molecule has 1 N–H and O–H groups in total. The van der Waals surface area contributed by atoms with Crippen molar-refractivity contribution in [2.45, 2.75) is 18.9 Å². The van der Waals surface area contributed by atoms with Gasteiger partial charge in [-0.2, -0.15) is 0 Å². The lowest BCUT2D eigenvalue weighted by molar-refractivity contribution is 0.187. The molecule has 2 rings (SSSR count). The molecular formula is C12H17NO. The molecule has 2 nitrogen and oxygen atoms in total. The summed E-state index contributed by atoms with van der Waals surface area (Å²) in [6.07, 6.45) is -0.354. The molecule has 2 heteroatoms. The highest BCUT2D eigenvalue weighted by Crippen LogP contribution is 2.27. The van der Waals surface area contributed by atoms with Gasteiger partial charge in [-0.25, -0.2) is 0 Å². The van der Waals surface area contributed by atoms with Crippen molar-refractivity contribution in [3.8, 4) is 0 Å². The summed E-state index contributed by atoms with van der Waals surface area (Å²) in [5, 5.41) is 9.46. The van der Waals surface area contributed by atoms with Gasteiger partial charge in [0.2, 0.25) is 0 Å². The number of likely N-dealkylation sites (N-methyl/N-ethyl adjacent to an activating group) is 1. The Morgan fingerprint density at radius 1 is 1.43 bits per heavy atom. The fraction of sp³-hybridized carbons (Fsp3) is 0.500. The van der Waals surface area contributed by atoms with Crippen molar-refractivity contribution in [1.82, 2.24) is 4.90 Å². The normalized spacial score (nSPS) is 20.5. The SMILES string of the molecule is CC(O)c1cccc(C2CN(C)C2)c1. The van der Waals surface area contributed by atoms with Gasteiger partial charge >= 0.3 is 0 Å². The zero-order valence-corrected chi connectivity index (χ0v) is 8.77. The van der Waals surface area contributed by atoms with Crippen molar-refractivity contribution in [3.63, 3.8) is 0 Å². The molecular weight excluding hydrogens is 174 g/mol. The van der Waals surface area contributed by atoms with Crippen molar-refractivity contribution >= 4 is 0 Å². The van der Waals surface area contributed by atoms with E-state index in [1.807, 2.05) is 19.1 Å². The number of hydrogen-bond acceptors (Lipinski definition) is 2. The van der Waals surface area contributed by atoms with E-state index in [1.165, 1.54) is 5.56 Å². The summed E-state index contributed by atoms with van der Waals surface area (Å²) < 4.78 is 0. The van der Waals surface area contributed by atoms with E-state index < -0.39 is 0 Å². The van der Waals surface area contributed by atoms with Gasteiger partial charge in [-0.1, -0.05) is 24.3 Å². The van der Waals surface area contributed by atoms with E-state index >= 15 is 0 Å². The largest absolute Gasteiger partial charge is 0.389 e. The minimum absolute atomic E-state index is 0.354. The summed E-state index contributed by atoms with van der Waals surface area (Å²) in [4.78, 5) is 2.31. The van der Waals surface area contributed by atoms with Crippen LogP contribution in [-0.4, -0.2) is 30.1 Å². The Hall–Kier alpha value is -0.860. The Morgan fingerprint density at radius 3 is 2.71 bits per heavy atom. The summed E-state index contributed by atoms with van der Waals surface area (Å²) >= 11 is 0. The van der Waals surface area contributed by atoms with E-state index in [4.69, 9.17) is 0 Å². The van der Waals surface area contributed by atoms with Crippen LogP contribution in [0.5, 0.6) is 0 Å². The first-order chi connectivity index (χ1) is 6.66. The third-order valence-electron chi connectivity index (χ3n) is 2.93. The van der Waals surface area contributed by atoms with Crippen LogP contribution in [0.15, 0.2) is 24.3 Å². The monoisotopic (exact) mass is 191 g/mol. The molecule has 1 aromatic rings. The van der Waals surface area contributed by atoms with Crippen molar-refractivity contribution in [2.24, 2.45) is 0 Å². The first kappa shape index (κ1) is 9.69. The molecule has 0 spiro atoms. The molecule has 1 heterocycles. The van der Waals surface area contributed by atoms with E-state index in [-0.39, 0.29) is 6.10 Å². The smallest absolute Gasteiger partial charge is 0.0762 e. The molecule has 1 aliphatic rings. The molecule has 1 aliphatic heterocycles. The highest BCUT2D eigenvalue weighted by atomic mass is 16.3. The topological polar surface area (TPSA) is 23.5 Å². The van der Waals surface area contributed by atoms with Gasteiger partial charge in [-0.05, 0) is 25.1 Å². The number of nitrogens with zero attached hydrogens (tertiary/aromatic N) is 1. The van der Waals surface area contributed by atoms with Crippen LogP contribution in [0.2, 0.25) is 0 Å². The second kappa shape index (κ2) is 3.71. The quantitative estimate of drug-likeness (QED) is 0.770. The zero-order chi connectivity index (χ0) is 10.1. The molecule has 0 saturated carbocycles. The Balaban J connectivity index is 2.14. The van der Waals surface area contributed by atoms with Crippen LogP contribution in [-0.2, 0) is 0 Å². The van der Waals surface area contributed by atoms with Gasteiger partial charge in [0.1, 0.15) is 0 Å². The number of aliphatic hydroxyl groups is 1. The number of benzene rings is 1. The average Bonchev–Trinajstić information content (AvgIpc) is 2.13. The summed E-state index contributed by atoms with van der Waals surface area (Å²) in [6, 6.07) is 8.30. The lowest BCUT2D eigenvalue weighted by atomic mass is 9.90. The minimum atomic E-state index is -0.354. The van der Waals surface area contributed by atoms with Crippen LogP contribution in [0, 0.1) is 0 Å². The van der Waals surface area contributed by atoms with Gasteiger partial charge < -0.3 is 10.0 Å². The molecule has 1 aromatic carbocycles. The van der Waals surface area contributed by atoms with Gasteiger partial charge in [0.25, 0.3) is 0 Å². The summed E-state index contributed by atoms with van der Waals surface area (Å²) in [5.41, 5.74) is 2.39. The maximum absolute atomic E-state index is 9.46. The number of rotatable bonds is 2. The van der Waals surface area contributed by atoms with Crippen molar-refractivity contribution in [3.05, 3.63) is 35.4 Å². The summed E-state index contributed by atoms with van der Waals surface area (Å²) in [6.45, 7) is 4.10. The van der Waals surface area contributed by atoms with Crippen LogP contribution in [0.1, 0.15) is 30.1 Å². The van der Waals surface area contributed by atoms with Crippen molar-refractivity contribution in [1.29, 1.82) is 0 Å². The molecule has 76 valence electrons. The predicted octanol–water partition coefficient (Wildman–Crippen LogP) is 1.77. The maximum Gasteiger partial charge on any atom is 0.0762 e. The molecule has 1 atom stereocenters. The van der Waals surface area contributed by atoms with Crippen LogP contribution >= 0.6 is 0 Å². The van der Waals surface area contributed by atoms with Crippen LogP contribution in [0.3, 0.4) is 0 Å². The molecule has 0 amide bonds. The molecule has 1 unspecified atom stereocenters. The highest BCUT2D eigenvalue weighted by molar-refractivity contribution is 5.29. The van der Waals surface area contributed by atoms with Crippen molar-refractivity contribution in [2.75, 3.05) is 20.1 Å². The fourth-order valence-corrected chi connectivity index (χ4v) is 1.98. The number of hydrogen-bond donors (Lipinski definition) is 1. The Morgan fingerprint density at radius 2 is 2.14 bits per heavy atom. The Bertz CT molecular complexity index is 316. The lowest BCUT2D eigenvalue weighted by Crippen LogP contribution is -2.41. The van der Waals surface area contributed by atoms with Gasteiger partial charge in [0.15, 0.2) is 0 Å².